The normalized spacial score (nSPS) is 17.6. The third-order valence-electron chi connectivity index (χ3n) is 5.20. The van der Waals surface area contributed by atoms with E-state index >= 15 is 0 Å². The van der Waals surface area contributed by atoms with Gasteiger partial charge in [0, 0.05) is 39.8 Å². The molecule has 0 amide bonds. The summed E-state index contributed by atoms with van der Waals surface area (Å²) in [5, 5.41) is 0. The van der Waals surface area contributed by atoms with Crippen molar-refractivity contribution in [1.29, 1.82) is 0 Å². The molecule has 8 heteroatoms. The monoisotopic (exact) mass is 529 g/mol. The van der Waals surface area contributed by atoms with Crippen molar-refractivity contribution in [3.8, 4) is 0 Å². The van der Waals surface area contributed by atoms with Crippen molar-refractivity contribution in [2.75, 3.05) is 13.1 Å². The van der Waals surface area contributed by atoms with E-state index in [1.54, 1.807) is 24.3 Å². The van der Waals surface area contributed by atoms with E-state index in [9.17, 15) is 22.0 Å². The average molecular weight is 530 g/mol. The maximum absolute atomic E-state index is 14.2. The molecular formula is C25H18BrF2NO3S. The lowest BCUT2D eigenvalue weighted by Gasteiger charge is -2.29. The molecule has 0 N–H and O–H groups in total. The molecule has 0 saturated carbocycles. The number of piperidine rings is 1. The van der Waals surface area contributed by atoms with Crippen molar-refractivity contribution in [1.82, 2.24) is 4.31 Å². The van der Waals surface area contributed by atoms with Gasteiger partial charge in [-0.15, -0.1) is 0 Å². The zero-order valence-electron chi connectivity index (χ0n) is 17.2. The van der Waals surface area contributed by atoms with Crippen molar-refractivity contribution in [2.45, 2.75) is 4.90 Å². The molecule has 1 fully saturated rings. The Labute approximate surface area is 199 Å². The fraction of sp³-hybridized carbons (Fsp3) is 0.0800. The fourth-order valence-corrected chi connectivity index (χ4v) is 5.15. The first-order valence-corrected chi connectivity index (χ1v) is 12.2. The van der Waals surface area contributed by atoms with Gasteiger partial charge in [0.1, 0.15) is 11.6 Å². The number of nitrogens with zero attached hydrogens (tertiary/aromatic N) is 1. The molecule has 0 aromatic heterocycles. The predicted octanol–water partition coefficient (Wildman–Crippen LogP) is 5.47. The van der Waals surface area contributed by atoms with E-state index in [4.69, 9.17) is 0 Å². The summed E-state index contributed by atoms with van der Waals surface area (Å²) in [5.74, 6) is -1.53. The number of sulfonamides is 1. The number of carbonyl (C=O) groups excluding carboxylic acids is 1. The Kier molecular flexibility index (Phi) is 6.69. The van der Waals surface area contributed by atoms with Gasteiger partial charge in [-0.1, -0.05) is 52.3 Å². The van der Waals surface area contributed by atoms with E-state index < -0.39 is 27.4 Å². The third kappa shape index (κ3) is 5.03. The number of benzene rings is 3. The molecule has 3 aromatic rings. The molecule has 0 spiro atoms. The molecule has 168 valence electrons. The molecule has 33 heavy (non-hydrogen) atoms. The van der Waals surface area contributed by atoms with Gasteiger partial charge < -0.3 is 0 Å². The maximum atomic E-state index is 14.2. The van der Waals surface area contributed by atoms with Crippen LogP contribution in [0.5, 0.6) is 0 Å². The fourth-order valence-electron chi connectivity index (χ4n) is 3.49. The highest BCUT2D eigenvalue weighted by Gasteiger charge is 2.34. The van der Waals surface area contributed by atoms with Crippen molar-refractivity contribution in [3.63, 3.8) is 0 Å². The first-order valence-electron chi connectivity index (χ1n) is 9.96. The standard InChI is InChI=1S/C25H18BrF2NO3S/c26-21-9-11-22(12-10-21)33(31,32)29-15-19(13-17-5-1-3-7-23(17)27)25(30)20(16-29)14-18-6-2-4-8-24(18)28/h1-14H,15-16H2/b19-13+,20-14+. The van der Waals surface area contributed by atoms with E-state index in [2.05, 4.69) is 15.9 Å². The molecule has 3 aromatic carbocycles. The first kappa shape index (κ1) is 23.2. The molecule has 0 unspecified atom stereocenters. The molecule has 0 aliphatic carbocycles. The van der Waals surface area contributed by atoms with Gasteiger partial charge in [0.05, 0.1) is 4.90 Å². The lowest BCUT2D eigenvalue weighted by molar-refractivity contribution is -0.113. The van der Waals surface area contributed by atoms with Crippen LogP contribution < -0.4 is 0 Å². The van der Waals surface area contributed by atoms with Crippen LogP contribution >= 0.6 is 15.9 Å². The zero-order valence-corrected chi connectivity index (χ0v) is 19.6. The van der Waals surface area contributed by atoms with Crippen LogP contribution in [0.15, 0.2) is 93.3 Å². The second kappa shape index (κ2) is 9.51. The lowest BCUT2D eigenvalue weighted by Crippen LogP contribution is -2.41. The minimum Gasteiger partial charge on any atom is -0.289 e. The predicted molar refractivity (Wildman–Crippen MR) is 127 cm³/mol. The van der Waals surface area contributed by atoms with Gasteiger partial charge in [0.2, 0.25) is 10.0 Å². The topological polar surface area (TPSA) is 54.5 Å². The van der Waals surface area contributed by atoms with E-state index in [0.717, 1.165) is 8.78 Å². The Bertz CT molecular complexity index is 1320. The maximum Gasteiger partial charge on any atom is 0.243 e. The summed E-state index contributed by atoms with van der Waals surface area (Å²) in [4.78, 5) is 13.3. The summed E-state index contributed by atoms with van der Waals surface area (Å²) in [6.45, 7) is -0.472. The van der Waals surface area contributed by atoms with Gasteiger partial charge in [-0.3, -0.25) is 4.79 Å². The summed E-state index contributed by atoms with van der Waals surface area (Å²) >= 11 is 3.28. The first-order chi connectivity index (χ1) is 15.8. The smallest absolute Gasteiger partial charge is 0.243 e. The van der Waals surface area contributed by atoms with Crippen LogP contribution in [-0.4, -0.2) is 31.6 Å². The summed E-state index contributed by atoms with van der Waals surface area (Å²) in [5.41, 5.74) is 0.507. The van der Waals surface area contributed by atoms with Crippen LogP contribution in [0, 0.1) is 11.6 Å². The van der Waals surface area contributed by atoms with Gasteiger partial charge in [-0.05, 0) is 48.6 Å². The van der Waals surface area contributed by atoms with Crippen LogP contribution in [-0.2, 0) is 14.8 Å². The van der Waals surface area contributed by atoms with Crippen molar-refractivity contribution >= 4 is 43.9 Å². The molecule has 1 aliphatic rings. The van der Waals surface area contributed by atoms with E-state index in [-0.39, 0.29) is 40.3 Å². The Morgan fingerprint density at radius 1 is 0.758 bits per heavy atom. The Hall–Kier alpha value is -2.94. The van der Waals surface area contributed by atoms with Gasteiger partial charge in [-0.2, -0.15) is 4.31 Å². The van der Waals surface area contributed by atoms with Crippen molar-refractivity contribution in [3.05, 3.63) is 111 Å². The van der Waals surface area contributed by atoms with Crippen LogP contribution in [0.1, 0.15) is 11.1 Å². The number of hydrogen-bond donors (Lipinski definition) is 0. The van der Waals surface area contributed by atoms with Crippen molar-refractivity contribution in [2.24, 2.45) is 0 Å². The minimum absolute atomic E-state index is 0.0514. The quantitative estimate of drug-likeness (QED) is 0.421. The number of carbonyl (C=O) groups is 1. The number of ketones is 1. The highest BCUT2D eigenvalue weighted by Crippen LogP contribution is 2.28. The molecule has 0 atom stereocenters. The van der Waals surface area contributed by atoms with Gasteiger partial charge in [0.25, 0.3) is 0 Å². The summed E-state index contributed by atoms with van der Waals surface area (Å²) < 4.78 is 57.0. The molecule has 1 aliphatic heterocycles. The second-order valence-corrected chi connectivity index (χ2v) is 10.3. The van der Waals surface area contributed by atoms with Crippen LogP contribution in [0.4, 0.5) is 8.78 Å². The average Bonchev–Trinajstić information content (AvgIpc) is 2.79. The van der Waals surface area contributed by atoms with E-state index in [1.807, 2.05) is 0 Å². The number of rotatable bonds is 4. The largest absolute Gasteiger partial charge is 0.289 e. The number of Topliss-reactive ketones (excluding diaryl/α,β-unsaturated/α-hetero) is 1. The molecular weight excluding hydrogens is 512 g/mol. The van der Waals surface area contributed by atoms with Crippen LogP contribution in [0.2, 0.25) is 0 Å². The zero-order chi connectivity index (χ0) is 23.6. The van der Waals surface area contributed by atoms with Gasteiger partial charge >= 0.3 is 0 Å². The van der Waals surface area contributed by atoms with E-state index in [1.165, 1.54) is 60.7 Å². The molecule has 4 rings (SSSR count). The van der Waals surface area contributed by atoms with Crippen LogP contribution in [0.25, 0.3) is 12.2 Å². The van der Waals surface area contributed by atoms with Crippen molar-refractivity contribution < 1.29 is 22.0 Å². The second-order valence-electron chi connectivity index (χ2n) is 7.44. The Morgan fingerprint density at radius 3 is 1.67 bits per heavy atom. The number of halogens is 3. The molecule has 0 radical (unpaired) electrons. The van der Waals surface area contributed by atoms with Crippen LogP contribution in [0.3, 0.4) is 0 Å². The van der Waals surface area contributed by atoms with Gasteiger partial charge in [0.15, 0.2) is 5.78 Å². The van der Waals surface area contributed by atoms with E-state index in [0.29, 0.717) is 0 Å². The summed E-state index contributed by atoms with van der Waals surface area (Å²) in [6, 6.07) is 17.9. The molecule has 1 heterocycles. The Balaban J connectivity index is 1.81. The number of hydrogen-bond acceptors (Lipinski definition) is 3. The molecule has 4 nitrogen and oxygen atoms in total. The Morgan fingerprint density at radius 2 is 1.21 bits per heavy atom. The lowest BCUT2D eigenvalue weighted by atomic mass is 9.95. The third-order valence-corrected chi connectivity index (χ3v) is 7.53. The summed E-state index contributed by atoms with van der Waals surface area (Å²) in [6.07, 6.45) is 2.69. The van der Waals surface area contributed by atoms with Gasteiger partial charge in [-0.25, -0.2) is 17.2 Å². The molecule has 0 bridgehead atoms. The summed E-state index contributed by atoms with van der Waals surface area (Å²) in [7, 11) is -3.98. The highest BCUT2D eigenvalue weighted by molar-refractivity contribution is 9.10. The molecule has 1 saturated heterocycles. The minimum atomic E-state index is -3.98. The highest BCUT2D eigenvalue weighted by atomic mass is 79.9. The SMILES string of the molecule is O=C1/C(=C/c2ccccc2F)CN(S(=O)(=O)c2ccc(Br)cc2)C/C1=C\c1ccccc1F.